The number of carbonyl (C=O) groups excluding carboxylic acids is 2. The zero-order valence-corrected chi connectivity index (χ0v) is 16.8. The summed E-state index contributed by atoms with van der Waals surface area (Å²) in [5, 5.41) is 2.96. The van der Waals surface area contributed by atoms with E-state index in [2.05, 4.69) is 16.9 Å². The number of aryl methyl sites for hydroxylation is 2. The maximum atomic E-state index is 12.8. The van der Waals surface area contributed by atoms with E-state index >= 15 is 0 Å². The molecule has 1 heterocycles. The lowest BCUT2D eigenvalue weighted by molar-refractivity contribution is -0.127. The fraction of sp³-hybridized carbons (Fsp3) is 0.227. The van der Waals surface area contributed by atoms with E-state index in [-0.39, 0.29) is 18.2 Å². The molecule has 1 fully saturated rings. The van der Waals surface area contributed by atoms with Crippen LogP contribution in [0, 0.1) is 13.8 Å². The molecule has 1 atom stereocenters. The van der Waals surface area contributed by atoms with E-state index in [1.165, 1.54) is 11.8 Å². The average molecular weight is 394 g/mol. The Balaban J connectivity index is 1.73. The van der Waals surface area contributed by atoms with Crippen LogP contribution in [0.25, 0.3) is 0 Å². The molecule has 0 bridgehead atoms. The Kier molecular flexibility index (Phi) is 6.31. The summed E-state index contributed by atoms with van der Waals surface area (Å²) < 4.78 is 0. The first-order valence-electron chi connectivity index (χ1n) is 9.07. The van der Waals surface area contributed by atoms with Gasteiger partial charge in [-0.25, -0.2) is 4.99 Å². The summed E-state index contributed by atoms with van der Waals surface area (Å²) in [5.74, 6) is -0.305. The molecular formula is C22H23N3O2S. The second-order valence-electron chi connectivity index (χ2n) is 6.70. The molecule has 2 amide bonds. The molecule has 6 heteroatoms. The normalized spacial score (nSPS) is 17.8. The number of anilines is 1. The van der Waals surface area contributed by atoms with E-state index < -0.39 is 5.25 Å². The van der Waals surface area contributed by atoms with Crippen LogP contribution in [-0.2, 0) is 9.59 Å². The summed E-state index contributed by atoms with van der Waals surface area (Å²) >= 11 is 1.33. The maximum absolute atomic E-state index is 12.8. The highest BCUT2D eigenvalue weighted by molar-refractivity contribution is 8.15. The van der Waals surface area contributed by atoms with Crippen molar-refractivity contribution < 1.29 is 9.59 Å². The lowest BCUT2D eigenvalue weighted by atomic mass is 10.2. The summed E-state index contributed by atoms with van der Waals surface area (Å²) in [5.41, 5.74) is 3.73. The van der Waals surface area contributed by atoms with Gasteiger partial charge in [0.25, 0.3) is 0 Å². The largest absolute Gasteiger partial charge is 0.326 e. The van der Waals surface area contributed by atoms with E-state index in [0.29, 0.717) is 11.7 Å². The van der Waals surface area contributed by atoms with Crippen molar-refractivity contribution in [3.8, 4) is 0 Å². The topological polar surface area (TPSA) is 61.8 Å². The zero-order chi connectivity index (χ0) is 20.1. The first kappa shape index (κ1) is 19.9. The third kappa shape index (κ3) is 4.89. The van der Waals surface area contributed by atoms with Crippen LogP contribution >= 0.6 is 11.8 Å². The zero-order valence-electron chi connectivity index (χ0n) is 16.0. The van der Waals surface area contributed by atoms with E-state index in [0.717, 1.165) is 22.5 Å². The van der Waals surface area contributed by atoms with Crippen LogP contribution in [0.1, 0.15) is 17.5 Å². The summed E-state index contributed by atoms with van der Waals surface area (Å²) in [7, 11) is 0. The van der Waals surface area contributed by atoms with Crippen LogP contribution in [0.4, 0.5) is 11.4 Å². The van der Waals surface area contributed by atoms with Crippen molar-refractivity contribution in [2.24, 2.45) is 4.99 Å². The number of benzene rings is 2. The van der Waals surface area contributed by atoms with Crippen molar-refractivity contribution >= 4 is 40.1 Å². The molecule has 144 valence electrons. The predicted molar refractivity (Wildman–Crippen MR) is 116 cm³/mol. The van der Waals surface area contributed by atoms with Crippen LogP contribution in [0.15, 0.2) is 66.2 Å². The van der Waals surface area contributed by atoms with Gasteiger partial charge in [0.15, 0.2) is 5.17 Å². The van der Waals surface area contributed by atoms with Crippen molar-refractivity contribution in [3.63, 3.8) is 0 Å². The minimum atomic E-state index is -0.492. The molecule has 0 radical (unpaired) electrons. The first-order chi connectivity index (χ1) is 13.5. The van der Waals surface area contributed by atoms with Crippen LogP contribution in [0.5, 0.6) is 0 Å². The van der Waals surface area contributed by atoms with Gasteiger partial charge in [0.1, 0.15) is 5.25 Å². The van der Waals surface area contributed by atoms with Gasteiger partial charge in [-0.05, 0) is 43.7 Å². The van der Waals surface area contributed by atoms with Crippen molar-refractivity contribution in [2.45, 2.75) is 25.5 Å². The Morgan fingerprint density at radius 3 is 2.64 bits per heavy atom. The fourth-order valence-corrected chi connectivity index (χ4v) is 4.01. The molecular weight excluding hydrogens is 370 g/mol. The molecule has 2 aromatic carbocycles. The molecule has 5 nitrogen and oxygen atoms in total. The second-order valence-corrected chi connectivity index (χ2v) is 7.87. The highest BCUT2D eigenvalue weighted by Gasteiger charge is 2.38. The smallest absolute Gasteiger partial charge is 0.242 e. The standard InChI is InChI=1S/C22H23N3O2S/c1-4-12-25-21(27)19(14-20(26)23-17-10-8-15(2)9-11-17)28-22(25)24-18-7-5-6-16(3)13-18/h4-11,13,19H,1,12,14H2,2-3H3,(H,23,26). The number of hydrogen-bond donors (Lipinski definition) is 1. The monoisotopic (exact) mass is 393 g/mol. The number of nitrogens with one attached hydrogen (secondary N) is 1. The van der Waals surface area contributed by atoms with Crippen LogP contribution < -0.4 is 5.32 Å². The van der Waals surface area contributed by atoms with E-state index in [4.69, 9.17) is 0 Å². The molecule has 1 aliphatic heterocycles. The molecule has 0 spiro atoms. The van der Waals surface area contributed by atoms with Gasteiger partial charge in [-0.1, -0.05) is 47.7 Å². The second kappa shape index (κ2) is 8.89. The molecule has 0 saturated carbocycles. The summed E-state index contributed by atoms with van der Waals surface area (Å²) in [6.07, 6.45) is 1.76. The quantitative estimate of drug-likeness (QED) is 0.738. The van der Waals surface area contributed by atoms with Gasteiger partial charge >= 0.3 is 0 Å². The number of nitrogens with zero attached hydrogens (tertiary/aromatic N) is 2. The number of amides is 2. The Morgan fingerprint density at radius 2 is 1.96 bits per heavy atom. The lowest BCUT2D eigenvalue weighted by Crippen LogP contribution is -2.33. The molecule has 3 rings (SSSR count). The molecule has 1 N–H and O–H groups in total. The van der Waals surface area contributed by atoms with Crippen molar-refractivity contribution in [1.29, 1.82) is 0 Å². The van der Waals surface area contributed by atoms with Crippen molar-refractivity contribution in [3.05, 3.63) is 72.3 Å². The lowest BCUT2D eigenvalue weighted by Gasteiger charge is -2.14. The molecule has 1 saturated heterocycles. The van der Waals surface area contributed by atoms with Gasteiger partial charge in [0.05, 0.1) is 5.69 Å². The molecule has 0 aliphatic carbocycles. The van der Waals surface area contributed by atoms with Gasteiger partial charge in [-0.15, -0.1) is 6.58 Å². The number of hydrogen-bond acceptors (Lipinski definition) is 4. The highest BCUT2D eigenvalue weighted by atomic mass is 32.2. The van der Waals surface area contributed by atoms with Crippen LogP contribution in [-0.4, -0.2) is 33.7 Å². The number of aliphatic imine (C=N–C) groups is 1. The van der Waals surface area contributed by atoms with E-state index in [1.54, 1.807) is 11.0 Å². The average Bonchev–Trinajstić information content (AvgIpc) is 2.93. The third-order valence-corrected chi connectivity index (χ3v) is 5.44. The Hall–Kier alpha value is -2.86. The molecule has 28 heavy (non-hydrogen) atoms. The van der Waals surface area contributed by atoms with Crippen molar-refractivity contribution in [1.82, 2.24) is 4.90 Å². The van der Waals surface area contributed by atoms with Crippen LogP contribution in [0.2, 0.25) is 0 Å². The minimum absolute atomic E-state index is 0.0951. The fourth-order valence-electron chi connectivity index (χ4n) is 2.85. The molecule has 0 aromatic heterocycles. The maximum Gasteiger partial charge on any atom is 0.242 e. The SMILES string of the molecule is C=CCN1C(=O)C(CC(=O)Nc2ccc(C)cc2)SC1=Nc1cccc(C)c1. The van der Waals surface area contributed by atoms with Gasteiger partial charge in [-0.2, -0.15) is 0 Å². The van der Waals surface area contributed by atoms with Crippen molar-refractivity contribution in [2.75, 3.05) is 11.9 Å². The van der Waals surface area contributed by atoms with Gasteiger partial charge in [0, 0.05) is 18.7 Å². The summed E-state index contributed by atoms with van der Waals surface area (Å²) in [6.45, 7) is 8.08. The Morgan fingerprint density at radius 1 is 1.21 bits per heavy atom. The highest BCUT2D eigenvalue weighted by Crippen LogP contribution is 2.32. The third-order valence-electron chi connectivity index (χ3n) is 4.26. The molecule has 1 unspecified atom stereocenters. The predicted octanol–water partition coefficient (Wildman–Crippen LogP) is 4.45. The number of rotatable bonds is 6. The first-order valence-corrected chi connectivity index (χ1v) is 9.95. The van der Waals surface area contributed by atoms with Gasteiger partial charge in [-0.3, -0.25) is 14.5 Å². The van der Waals surface area contributed by atoms with Gasteiger partial charge in [0.2, 0.25) is 11.8 Å². The number of thioether (sulfide) groups is 1. The number of amidine groups is 1. The minimum Gasteiger partial charge on any atom is -0.326 e. The number of carbonyl (C=O) groups is 2. The molecule has 1 aliphatic rings. The van der Waals surface area contributed by atoms with E-state index in [1.807, 2.05) is 62.4 Å². The van der Waals surface area contributed by atoms with Crippen LogP contribution in [0.3, 0.4) is 0 Å². The molecule has 2 aromatic rings. The summed E-state index contributed by atoms with van der Waals surface area (Å²) in [6, 6.07) is 15.4. The Bertz CT molecular complexity index is 922. The Labute approximate surface area is 169 Å². The summed E-state index contributed by atoms with van der Waals surface area (Å²) in [4.78, 5) is 31.4. The van der Waals surface area contributed by atoms with Gasteiger partial charge < -0.3 is 5.32 Å². The van der Waals surface area contributed by atoms with E-state index in [9.17, 15) is 9.59 Å².